The molecule has 1 rings (SSSR count). The summed E-state index contributed by atoms with van der Waals surface area (Å²) in [5.41, 5.74) is 0. The molecule has 2 nitrogen and oxygen atoms in total. The Hall–Kier alpha value is -0.0800. The van der Waals surface area contributed by atoms with E-state index in [-0.39, 0.29) is 0 Å². The molecule has 2 heteroatoms. The Kier molecular flexibility index (Phi) is 6.26. The average molecular weight is 212 g/mol. The highest BCUT2D eigenvalue weighted by molar-refractivity contribution is 4.76. The fourth-order valence-electron chi connectivity index (χ4n) is 2.52. The van der Waals surface area contributed by atoms with Crippen LogP contribution in [0.1, 0.15) is 46.5 Å². The van der Waals surface area contributed by atoms with Crippen LogP contribution in [0.3, 0.4) is 0 Å². The standard InChI is InChI=1S/C13H28N2/c1-4-12-7-9-15(10-8-12)11-13(5-2)14-6-3/h12-14H,4-11H2,1-3H3. The Labute approximate surface area is 95.4 Å². The fourth-order valence-corrected chi connectivity index (χ4v) is 2.52. The second-order valence-electron chi connectivity index (χ2n) is 4.82. The number of rotatable bonds is 6. The van der Waals surface area contributed by atoms with Gasteiger partial charge in [-0.05, 0) is 44.8 Å². The number of nitrogens with one attached hydrogen (secondary N) is 1. The van der Waals surface area contributed by atoms with Gasteiger partial charge in [0.15, 0.2) is 0 Å². The lowest BCUT2D eigenvalue weighted by Gasteiger charge is -2.34. The molecule has 90 valence electrons. The van der Waals surface area contributed by atoms with Crippen LogP contribution in [0.5, 0.6) is 0 Å². The highest BCUT2D eigenvalue weighted by Crippen LogP contribution is 2.19. The van der Waals surface area contributed by atoms with Gasteiger partial charge in [-0.3, -0.25) is 0 Å². The largest absolute Gasteiger partial charge is 0.313 e. The van der Waals surface area contributed by atoms with Gasteiger partial charge in [-0.25, -0.2) is 0 Å². The molecule has 0 bridgehead atoms. The van der Waals surface area contributed by atoms with E-state index >= 15 is 0 Å². The first kappa shape index (κ1) is 13.0. The van der Waals surface area contributed by atoms with Crippen LogP contribution in [0.15, 0.2) is 0 Å². The minimum atomic E-state index is 0.702. The molecule has 1 N–H and O–H groups in total. The fraction of sp³-hybridized carbons (Fsp3) is 1.00. The van der Waals surface area contributed by atoms with E-state index < -0.39 is 0 Å². The molecule has 0 spiro atoms. The second-order valence-corrected chi connectivity index (χ2v) is 4.82. The summed E-state index contributed by atoms with van der Waals surface area (Å²) in [7, 11) is 0. The van der Waals surface area contributed by atoms with E-state index in [1.807, 2.05) is 0 Å². The van der Waals surface area contributed by atoms with E-state index in [0.29, 0.717) is 6.04 Å². The van der Waals surface area contributed by atoms with Gasteiger partial charge in [0.2, 0.25) is 0 Å². The SMILES string of the molecule is CCNC(CC)CN1CCC(CC)CC1. The van der Waals surface area contributed by atoms with Crippen molar-refractivity contribution in [3.05, 3.63) is 0 Å². The van der Waals surface area contributed by atoms with Crippen LogP contribution in [0.4, 0.5) is 0 Å². The highest BCUT2D eigenvalue weighted by atomic mass is 15.2. The molecule has 1 aliphatic rings. The van der Waals surface area contributed by atoms with Crippen molar-refractivity contribution in [1.29, 1.82) is 0 Å². The van der Waals surface area contributed by atoms with Crippen molar-refractivity contribution in [1.82, 2.24) is 10.2 Å². The summed E-state index contributed by atoms with van der Waals surface area (Å²) >= 11 is 0. The number of hydrogen-bond donors (Lipinski definition) is 1. The minimum Gasteiger partial charge on any atom is -0.313 e. The van der Waals surface area contributed by atoms with Crippen molar-refractivity contribution in [3.63, 3.8) is 0 Å². The molecule has 1 unspecified atom stereocenters. The topological polar surface area (TPSA) is 15.3 Å². The van der Waals surface area contributed by atoms with Gasteiger partial charge in [0.25, 0.3) is 0 Å². The Bertz CT molecular complexity index is 151. The summed E-state index contributed by atoms with van der Waals surface area (Å²) in [6.07, 6.45) is 5.46. The zero-order valence-electron chi connectivity index (χ0n) is 10.8. The number of nitrogens with zero attached hydrogens (tertiary/aromatic N) is 1. The van der Waals surface area contributed by atoms with Crippen LogP contribution in [0.2, 0.25) is 0 Å². The zero-order chi connectivity index (χ0) is 11.1. The molecule has 1 heterocycles. The molecule has 0 aromatic carbocycles. The molecular formula is C13H28N2. The average Bonchev–Trinajstić information content (AvgIpc) is 2.29. The third-order valence-corrected chi connectivity index (χ3v) is 3.75. The molecule has 1 saturated heterocycles. The Morgan fingerprint density at radius 2 is 1.87 bits per heavy atom. The van der Waals surface area contributed by atoms with Crippen molar-refractivity contribution in [2.24, 2.45) is 5.92 Å². The lowest BCUT2D eigenvalue weighted by molar-refractivity contribution is 0.165. The van der Waals surface area contributed by atoms with Gasteiger partial charge in [-0.1, -0.05) is 27.2 Å². The van der Waals surface area contributed by atoms with Gasteiger partial charge < -0.3 is 10.2 Å². The third-order valence-electron chi connectivity index (χ3n) is 3.75. The monoisotopic (exact) mass is 212 g/mol. The Morgan fingerprint density at radius 1 is 1.20 bits per heavy atom. The van der Waals surface area contributed by atoms with Crippen molar-refractivity contribution < 1.29 is 0 Å². The van der Waals surface area contributed by atoms with E-state index in [9.17, 15) is 0 Å². The molecule has 0 aliphatic carbocycles. The van der Waals surface area contributed by atoms with Gasteiger partial charge in [0.1, 0.15) is 0 Å². The van der Waals surface area contributed by atoms with Crippen LogP contribution in [0.25, 0.3) is 0 Å². The van der Waals surface area contributed by atoms with E-state index in [4.69, 9.17) is 0 Å². The quantitative estimate of drug-likeness (QED) is 0.728. The molecule has 0 saturated carbocycles. The predicted molar refractivity (Wildman–Crippen MR) is 67.2 cm³/mol. The molecule has 0 aromatic heterocycles. The van der Waals surface area contributed by atoms with Gasteiger partial charge >= 0.3 is 0 Å². The van der Waals surface area contributed by atoms with Crippen LogP contribution in [-0.2, 0) is 0 Å². The number of hydrogen-bond acceptors (Lipinski definition) is 2. The number of likely N-dealkylation sites (N-methyl/N-ethyl adjacent to an activating group) is 1. The first-order chi connectivity index (χ1) is 7.30. The summed E-state index contributed by atoms with van der Waals surface area (Å²) in [6.45, 7) is 11.8. The molecular weight excluding hydrogens is 184 g/mol. The normalized spacial score (nSPS) is 21.8. The van der Waals surface area contributed by atoms with E-state index in [0.717, 1.165) is 12.5 Å². The van der Waals surface area contributed by atoms with Gasteiger partial charge in [0, 0.05) is 12.6 Å². The summed E-state index contributed by atoms with van der Waals surface area (Å²) in [5, 5.41) is 3.56. The smallest absolute Gasteiger partial charge is 0.0192 e. The van der Waals surface area contributed by atoms with Crippen molar-refractivity contribution in [2.45, 2.75) is 52.5 Å². The first-order valence-corrected chi connectivity index (χ1v) is 6.75. The first-order valence-electron chi connectivity index (χ1n) is 6.75. The maximum atomic E-state index is 3.56. The molecule has 1 atom stereocenters. The Balaban J connectivity index is 2.21. The molecule has 1 fully saturated rings. The van der Waals surface area contributed by atoms with Gasteiger partial charge in [-0.2, -0.15) is 0 Å². The molecule has 15 heavy (non-hydrogen) atoms. The zero-order valence-corrected chi connectivity index (χ0v) is 10.8. The summed E-state index contributed by atoms with van der Waals surface area (Å²) in [5.74, 6) is 1.00. The van der Waals surface area contributed by atoms with Crippen LogP contribution in [0, 0.1) is 5.92 Å². The van der Waals surface area contributed by atoms with Crippen molar-refractivity contribution >= 4 is 0 Å². The molecule has 0 aromatic rings. The lowest BCUT2D eigenvalue weighted by atomic mass is 9.94. The van der Waals surface area contributed by atoms with Crippen LogP contribution >= 0.6 is 0 Å². The summed E-state index contributed by atoms with van der Waals surface area (Å²) in [6, 6.07) is 0.702. The number of likely N-dealkylation sites (tertiary alicyclic amines) is 1. The van der Waals surface area contributed by atoms with E-state index in [1.54, 1.807) is 0 Å². The molecule has 0 radical (unpaired) electrons. The van der Waals surface area contributed by atoms with Crippen LogP contribution in [-0.4, -0.2) is 37.1 Å². The summed E-state index contributed by atoms with van der Waals surface area (Å²) < 4.78 is 0. The van der Waals surface area contributed by atoms with Gasteiger partial charge in [-0.15, -0.1) is 0 Å². The van der Waals surface area contributed by atoms with E-state index in [1.165, 1.54) is 45.3 Å². The molecule has 1 aliphatic heterocycles. The predicted octanol–water partition coefficient (Wildman–Crippen LogP) is 2.50. The van der Waals surface area contributed by atoms with Crippen molar-refractivity contribution in [3.8, 4) is 0 Å². The maximum Gasteiger partial charge on any atom is 0.0192 e. The Morgan fingerprint density at radius 3 is 2.33 bits per heavy atom. The lowest BCUT2D eigenvalue weighted by Crippen LogP contribution is -2.43. The third kappa shape index (κ3) is 4.52. The molecule has 0 amide bonds. The van der Waals surface area contributed by atoms with Crippen LogP contribution < -0.4 is 5.32 Å². The van der Waals surface area contributed by atoms with Gasteiger partial charge in [0.05, 0.1) is 0 Å². The second kappa shape index (κ2) is 7.24. The maximum absolute atomic E-state index is 3.56. The van der Waals surface area contributed by atoms with Crippen molar-refractivity contribution in [2.75, 3.05) is 26.2 Å². The minimum absolute atomic E-state index is 0.702. The summed E-state index contributed by atoms with van der Waals surface area (Å²) in [4.78, 5) is 2.64. The number of piperidine rings is 1. The highest BCUT2D eigenvalue weighted by Gasteiger charge is 2.19. The van der Waals surface area contributed by atoms with E-state index in [2.05, 4.69) is 31.0 Å².